The standard InChI is InChI=1S/C21H31NO4/c1-4-5-10-17(2)19(23)14-12-18-13-15-20(24)22(18)16-9-7-6-8-11-21(25)26-3/h12,14,17-18H,6-11,13,15-16H2,1-3H3/b14-12+/t17?,18-/m0/s1. The number of rotatable bonds is 11. The summed E-state index contributed by atoms with van der Waals surface area (Å²) in [7, 11) is 1.40. The summed E-state index contributed by atoms with van der Waals surface area (Å²) in [6.07, 6.45) is 9.48. The Morgan fingerprint density at radius 3 is 2.73 bits per heavy atom. The zero-order valence-corrected chi connectivity index (χ0v) is 16.3. The highest BCUT2D eigenvalue weighted by Crippen LogP contribution is 2.21. The number of ketones is 1. The summed E-state index contributed by atoms with van der Waals surface area (Å²) in [5.41, 5.74) is 0. The highest BCUT2D eigenvalue weighted by molar-refractivity contribution is 5.92. The number of esters is 1. The van der Waals surface area contributed by atoms with Gasteiger partial charge in [-0.1, -0.05) is 25.8 Å². The molecule has 26 heavy (non-hydrogen) atoms. The second kappa shape index (κ2) is 12.3. The van der Waals surface area contributed by atoms with Crippen LogP contribution in [0.25, 0.3) is 0 Å². The van der Waals surface area contributed by atoms with E-state index in [0.29, 0.717) is 25.8 Å². The Bertz CT molecular complexity index is 570. The van der Waals surface area contributed by atoms with Crippen LogP contribution in [-0.2, 0) is 19.1 Å². The molecule has 1 aliphatic heterocycles. The van der Waals surface area contributed by atoms with Gasteiger partial charge in [-0.05, 0) is 32.3 Å². The number of allylic oxidation sites excluding steroid dienone is 1. The largest absolute Gasteiger partial charge is 0.469 e. The molecule has 0 aliphatic carbocycles. The van der Waals surface area contributed by atoms with E-state index in [-0.39, 0.29) is 29.6 Å². The minimum Gasteiger partial charge on any atom is -0.469 e. The summed E-state index contributed by atoms with van der Waals surface area (Å²) in [4.78, 5) is 37.1. The molecule has 0 aromatic carbocycles. The quantitative estimate of drug-likeness (QED) is 0.245. The predicted octanol–water partition coefficient (Wildman–Crippen LogP) is 3.28. The first-order valence-corrected chi connectivity index (χ1v) is 9.47. The molecule has 0 aromatic rings. The van der Waals surface area contributed by atoms with E-state index in [4.69, 9.17) is 0 Å². The van der Waals surface area contributed by atoms with Gasteiger partial charge in [0.15, 0.2) is 5.78 Å². The smallest absolute Gasteiger partial charge is 0.305 e. The van der Waals surface area contributed by atoms with Crippen LogP contribution >= 0.6 is 0 Å². The molecule has 1 saturated heterocycles. The van der Waals surface area contributed by atoms with Gasteiger partial charge in [0.1, 0.15) is 0 Å². The number of nitrogens with zero attached hydrogens (tertiary/aromatic N) is 1. The monoisotopic (exact) mass is 361 g/mol. The topological polar surface area (TPSA) is 63.7 Å². The summed E-state index contributed by atoms with van der Waals surface area (Å²) in [6.45, 7) is 4.35. The Labute approximate surface area is 157 Å². The fraction of sp³-hybridized carbons (Fsp3) is 0.667. The number of hydrogen-bond acceptors (Lipinski definition) is 4. The van der Waals surface area contributed by atoms with Gasteiger partial charge in [-0.25, -0.2) is 0 Å². The minimum atomic E-state index is -0.172. The van der Waals surface area contributed by atoms with Crippen LogP contribution in [-0.4, -0.2) is 42.3 Å². The fourth-order valence-corrected chi connectivity index (χ4v) is 2.98. The number of methoxy groups -OCH3 is 1. The van der Waals surface area contributed by atoms with Gasteiger partial charge in [0, 0.05) is 31.7 Å². The third-order valence-corrected chi connectivity index (χ3v) is 4.69. The molecule has 0 bridgehead atoms. The van der Waals surface area contributed by atoms with Crippen molar-refractivity contribution in [2.45, 2.75) is 71.3 Å². The maximum atomic E-state index is 12.1. The van der Waals surface area contributed by atoms with E-state index in [9.17, 15) is 14.4 Å². The van der Waals surface area contributed by atoms with Crippen molar-refractivity contribution in [3.63, 3.8) is 0 Å². The SMILES string of the molecule is CC#CCC(C)C(=O)/C=C/[C@H]1CCC(=O)N1CCCCCCC(=O)OC. The van der Waals surface area contributed by atoms with Gasteiger partial charge in [0.25, 0.3) is 0 Å². The number of unbranched alkanes of at least 4 members (excludes halogenated alkanes) is 3. The molecule has 1 amide bonds. The van der Waals surface area contributed by atoms with Crippen molar-refractivity contribution in [2.24, 2.45) is 5.92 Å². The van der Waals surface area contributed by atoms with E-state index >= 15 is 0 Å². The zero-order chi connectivity index (χ0) is 19.4. The van der Waals surface area contributed by atoms with E-state index in [1.165, 1.54) is 7.11 Å². The second-order valence-corrected chi connectivity index (χ2v) is 6.73. The van der Waals surface area contributed by atoms with Gasteiger partial charge in [-0.15, -0.1) is 11.8 Å². The molecule has 5 nitrogen and oxygen atoms in total. The van der Waals surface area contributed by atoms with Gasteiger partial charge in [-0.2, -0.15) is 0 Å². The Balaban J connectivity index is 2.38. The Hall–Kier alpha value is -2.09. The Morgan fingerprint density at radius 2 is 2.04 bits per heavy atom. The van der Waals surface area contributed by atoms with Crippen LogP contribution in [0.5, 0.6) is 0 Å². The van der Waals surface area contributed by atoms with Gasteiger partial charge >= 0.3 is 5.97 Å². The molecule has 0 saturated carbocycles. The molecular weight excluding hydrogens is 330 g/mol. The number of ether oxygens (including phenoxy) is 1. The van der Waals surface area contributed by atoms with Crippen molar-refractivity contribution in [3.8, 4) is 11.8 Å². The van der Waals surface area contributed by atoms with Crippen molar-refractivity contribution >= 4 is 17.7 Å². The Kier molecular flexibility index (Phi) is 10.4. The molecule has 5 heteroatoms. The molecule has 1 fully saturated rings. The molecule has 1 unspecified atom stereocenters. The Morgan fingerprint density at radius 1 is 1.31 bits per heavy atom. The van der Waals surface area contributed by atoms with E-state index in [1.54, 1.807) is 13.0 Å². The molecule has 0 N–H and O–H groups in total. The van der Waals surface area contributed by atoms with Gasteiger partial charge in [-0.3, -0.25) is 14.4 Å². The summed E-state index contributed by atoms with van der Waals surface area (Å²) in [5.74, 6) is 5.67. The minimum absolute atomic E-state index is 0.0194. The second-order valence-electron chi connectivity index (χ2n) is 6.73. The van der Waals surface area contributed by atoms with E-state index in [1.807, 2.05) is 17.9 Å². The number of carbonyl (C=O) groups excluding carboxylic acids is 3. The van der Waals surface area contributed by atoms with Crippen molar-refractivity contribution in [3.05, 3.63) is 12.2 Å². The summed E-state index contributed by atoms with van der Waals surface area (Å²) in [6, 6.07) is 0.0194. The van der Waals surface area contributed by atoms with Crippen LogP contribution < -0.4 is 0 Å². The summed E-state index contributed by atoms with van der Waals surface area (Å²) >= 11 is 0. The first kappa shape index (κ1) is 22.0. The maximum absolute atomic E-state index is 12.1. The third-order valence-electron chi connectivity index (χ3n) is 4.69. The predicted molar refractivity (Wildman–Crippen MR) is 101 cm³/mol. The number of amides is 1. The normalized spacial score (nSPS) is 17.9. The van der Waals surface area contributed by atoms with Crippen molar-refractivity contribution in [2.75, 3.05) is 13.7 Å². The zero-order valence-electron chi connectivity index (χ0n) is 16.3. The van der Waals surface area contributed by atoms with Crippen LogP contribution in [0.3, 0.4) is 0 Å². The van der Waals surface area contributed by atoms with Gasteiger partial charge < -0.3 is 9.64 Å². The number of carbonyl (C=O) groups is 3. The molecule has 1 aliphatic rings. The van der Waals surface area contributed by atoms with Crippen LogP contribution in [0.4, 0.5) is 0 Å². The number of likely N-dealkylation sites (tertiary alicyclic amines) is 1. The lowest BCUT2D eigenvalue weighted by Gasteiger charge is -2.22. The van der Waals surface area contributed by atoms with Crippen molar-refractivity contribution in [1.29, 1.82) is 0 Å². The highest BCUT2D eigenvalue weighted by atomic mass is 16.5. The summed E-state index contributed by atoms with van der Waals surface area (Å²) in [5, 5.41) is 0. The third kappa shape index (κ3) is 7.86. The van der Waals surface area contributed by atoms with Crippen molar-refractivity contribution < 1.29 is 19.1 Å². The van der Waals surface area contributed by atoms with Gasteiger partial charge in [0.05, 0.1) is 13.2 Å². The van der Waals surface area contributed by atoms with Gasteiger partial charge in [0.2, 0.25) is 5.91 Å². The van der Waals surface area contributed by atoms with Crippen LogP contribution in [0.2, 0.25) is 0 Å². The van der Waals surface area contributed by atoms with Crippen LogP contribution in [0.15, 0.2) is 12.2 Å². The first-order valence-electron chi connectivity index (χ1n) is 9.47. The van der Waals surface area contributed by atoms with Crippen LogP contribution in [0, 0.1) is 17.8 Å². The lowest BCUT2D eigenvalue weighted by Crippen LogP contribution is -2.32. The lowest BCUT2D eigenvalue weighted by molar-refractivity contribution is -0.140. The lowest BCUT2D eigenvalue weighted by atomic mass is 10.0. The molecule has 1 rings (SSSR count). The first-order chi connectivity index (χ1) is 12.5. The highest BCUT2D eigenvalue weighted by Gasteiger charge is 2.28. The molecule has 2 atom stereocenters. The van der Waals surface area contributed by atoms with E-state index in [0.717, 1.165) is 32.1 Å². The molecule has 0 spiro atoms. The number of hydrogen-bond donors (Lipinski definition) is 0. The van der Waals surface area contributed by atoms with E-state index in [2.05, 4.69) is 16.6 Å². The van der Waals surface area contributed by atoms with E-state index < -0.39 is 0 Å². The van der Waals surface area contributed by atoms with Crippen molar-refractivity contribution in [1.82, 2.24) is 4.90 Å². The summed E-state index contributed by atoms with van der Waals surface area (Å²) < 4.78 is 4.62. The maximum Gasteiger partial charge on any atom is 0.305 e. The van der Waals surface area contributed by atoms with Crippen LogP contribution in [0.1, 0.15) is 65.2 Å². The molecule has 144 valence electrons. The molecular formula is C21H31NO4. The molecule has 1 heterocycles. The molecule has 0 aromatic heterocycles. The molecule has 0 radical (unpaired) electrons. The average Bonchev–Trinajstić information content (AvgIpc) is 2.99. The average molecular weight is 361 g/mol. The fourth-order valence-electron chi connectivity index (χ4n) is 2.98.